The Labute approximate surface area is 256 Å². The van der Waals surface area contributed by atoms with E-state index in [1.165, 1.54) is 41.3 Å². The summed E-state index contributed by atoms with van der Waals surface area (Å²) in [6.45, 7) is -0.638. The Kier molecular flexibility index (Phi) is 7.56. The van der Waals surface area contributed by atoms with Crippen LogP contribution in [0.3, 0.4) is 0 Å². The molecule has 44 heavy (non-hydrogen) atoms. The van der Waals surface area contributed by atoms with E-state index in [1.807, 2.05) is 0 Å². The Balaban J connectivity index is 1.61. The molecule has 3 aromatic carbocycles. The van der Waals surface area contributed by atoms with Gasteiger partial charge in [0.2, 0.25) is 17.1 Å². The van der Waals surface area contributed by atoms with Gasteiger partial charge in [0, 0.05) is 16.7 Å². The van der Waals surface area contributed by atoms with Crippen LogP contribution in [0.15, 0.2) is 101 Å². The molecule has 0 aliphatic carbocycles. The first-order valence-corrected chi connectivity index (χ1v) is 14.1. The van der Waals surface area contributed by atoms with E-state index in [2.05, 4.69) is 9.98 Å². The van der Waals surface area contributed by atoms with Crippen LogP contribution in [0, 0.1) is 0 Å². The zero-order chi connectivity index (χ0) is 31.2. The van der Waals surface area contributed by atoms with Crippen molar-refractivity contribution in [3.63, 3.8) is 0 Å². The maximum Gasteiger partial charge on any atom is 0.279 e. The number of ketones is 2. The molecule has 13 heteroatoms. The SMILES string of the molecule is NC1=NC(Cl)(C(=O)c2ccccc2)N(C(=O)c2ccccc2)C2N([C@@H]3O[C@H](CO)C(O)C3O)C=NC12C(=O)c1ccccc1. The summed E-state index contributed by atoms with van der Waals surface area (Å²) in [5.74, 6) is -2.76. The number of ether oxygens (including phenoxy) is 1. The van der Waals surface area contributed by atoms with Gasteiger partial charge in [-0.1, -0.05) is 90.5 Å². The molecule has 3 aliphatic heterocycles. The average molecular weight is 618 g/mol. The van der Waals surface area contributed by atoms with Gasteiger partial charge >= 0.3 is 0 Å². The minimum Gasteiger partial charge on any atom is -0.394 e. The van der Waals surface area contributed by atoms with Crippen LogP contribution >= 0.6 is 11.6 Å². The number of aliphatic hydroxyl groups excluding tert-OH is 3. The van der Waals surface area contributed by atoms with Gasteiger partial charge in [-0.15, -0.1) is 0 Å². The molecule has 0 bridgehead atoms. The van der Waals surface area contributed by atoms with Crippen LogP contribution in [0.5, 0.6) is 0 Å². The van der Waals surface area contributed by atoms with Crippen LogP contribution in [0.4, 0.5) is 0 Å². The standard InChI is InChI=1S/C31H28ClN5O7/c32-31(25(42)19-12-6-2-7-13-19)35-28(33)30(24(41)18-10-4-1-5-11-18)29(37(31)26(43)20-14-8-3-9-15-20)36(17-34-30)27-23(40)22(39)21(16-38)44-27/h1-15,17,21-23,27,29,38-40H,16H2,(H2,33,35)/t21-,22?,23?,27-,29?,30?,31?/m1/s1. The fourth-order valence-corrected chi connectivity index (χ4v) is 6.18. The van der Waals surface area contributed by atoms with Crippen molar-refractivity contribution >= 4 is 41.2 Å². The first-order chi connectivity index (χ1) is 21.1. The van der Waals surface area contributed by atoms with E-state index < -0.39 is 71.3 Å². The molecule has 12 nitrogen and oxygen atoms in total. The third kappa shape index (κ3) is 4.42. The van der Waals surface area contributed by atoms with E-state index in [4.69, 9.17) is 22.1 Å². The van der Waals surface area contributed by atoms with Gasteiger partial charge in [-0.25, -0.2) is 9.98 Å². The van der Waals surface area contributed by atoms with Crippen LogP contribution in [-0.2, 0) is 4.74 Å². The lowest BCUT2D eigenvalue weighted by atomic mass is 9.82. The Bertz CT molecular complexity index is 1640. The predicted octanol–water partition coefficient (Wildman–Crippen LogP) is 1.01. The van der Waals surface area contributed by atoms with Crippen molar-refractivity contribution in [1.82, 2.24) is 9.80 Å². The number of hydrogen-bond donors (Lipinski definition) is 4. The molecular weight excluding hydrogens is 590 g/mol. The molecule has 0 aromatic heterocycles. The third-order valence-electron chi connectivity index (χ3n) is 8.03. The number of fused-ring (bicyclic) bond motifs is 1. The highest BCUT2D eigenvalue weighted by atomic mass is 35.5. The normalized spacial score (nSPS) is 31.0. The van der Waals surface area contributed by atoms with Crippen molar-refractivity contribution in [3.8, 4) is 0 Å². The number of aliphatic imine (C=N–C) groups is 2. The highest BCUT2D eigenvalue weighted by Crippen LogP contribution is 2.46. The number of aliphatic hydroxyl groups is 3. The second-order valence-electron chi connectivity index (χ2n) is 10.6. The van der Waals surface area contributed by atoms with Crippen molar-refractivity contribution in [1.29, 1.82) is 0 Å². The lowest BCUT2D eigenvalue weighted by molar-refractivity contribution is -0.105. The van der Waals surface area contributed by atoms with E-state index in [1.54, 1.807) is 54.6 Å². The average Bonchev–Trinajstić information content (AvgIpc) is 3.59. The number of carbonyl (C=O) groups excluding carboxylic acids is 3. The monoisotopic (exact) mass is 617 g/mol. The van der Waals surface area contributed by atoms with E-state index in [0.29, 0.717) is 0 Å². The number of rotatable bonds is 7. The summed E-state index contributed by atoms with van der Waals surface area (Å²) in [5, 5.41) is 28.9. The predicted molar refractivity (Wildman–Crippen MR) is 159 cm³/mol. The summed E-state index contributed by atoms with van der Waals surface area (Å²) in [6, 6.07) is 23.9. The first kappa shape index (κ1) is 29.6. The van der Waals surface area contributed by atoms with Gasteiger partial charge in [0.25, 0.3) is 11.0 Å². The van der Waals surface area contributed by atoms with E-state index >= 15 is 0 Å². The Morgan fingerprint density at radius 2 is 1.36 bits per heavy atom. The number of nitrogens with two attached hydrogens (primary N) is 1. The topological polar surface area (TPSA) is 178 Å². The largest absolute Gasteiger partial charge is 0.394 e. The molecular formula is C31H28ClN5O7. The number of alkyl halides is 1. The summed E-state index contributed by atoms with van der Waals surface area (Å²) in [7, 11) is 0. The Hall–Kier alpha value is -4.46. The minimum absolute atomic E-state index is 0.100. The highest BCUT2D eigenvalue weighted by Gasteiger charge is 2.69. The van der Waals surface area contributed by atoms with Crippen LogP contribution in [0.25, 0.3) is 0 Å². The second-order valence-corrected chi connectivity index (χ2v) is 11.1. The van der Waals surface area contributed by atoms with Gasteiger partial charge in [-0.2, -0.15) is 0 Å². The fraction of sp³-hybridized carbons (Fsp3) is 0.258. The van der Waals surface area contributed by atoms with E-state index in [-0.39, 0.29) is 16.7 Å². The van der Waals surface area contributed by atoms with Crippen LogP contribution in [0.2, 0.25) is 0 Å². The summed E-state index contributed by atoms with van der Waals surface area (Å²) in [4.78, 5) is 54.2. The third-order valence-corrected chi connectivity index (χ3v) is 8.47. The molecule has 6 rings (SSSR count). The van der Waals surface area contributed by atoms with Crippen LogP contribution < -0.4 is 5.73 Å². The maximum absolute atomic E-state index is 14.5. The molecule has 3 heterocycles. The molecule has 3 aromatic rings. The van der Waals surface area contributed by atoms with Gasteiger partial charge in [0.1, 0.15) is 24.1 Å². The summed E-state index contributed by atoms with van der Waals surface area (Å²) >= 11 is 7.14. The van der Waals surface area contributed by atoms with Crippen LogP contribution in [0.1, 0.15) is 31.1 Å². The fourth-order valence-electron chi connectivity index (χ4n) is 5.81. The smallest absolute Gasteiger partial charge is 0.279 e. The molecule has 5 N–H and O–H groups in total. The summed E-state index contributed by atoms with van der Waals surface area (Å²) in [5.41, 5.74) is 4.79. The number of carbonyl (C=O) groups is 3. The van der Waals surface area contributed by atoms with Gasteiger partial charge < -0.3 is 30.7 Å². The lowest BCUT2D eigenvalue weighted by Gasteiger charge is -2.51. The molecule has 1 amide bonds. The molecule has 0 spiro atoms. The number of benzene rings is 3. The van der Waals surface area contributed by atoms with Crippen molar-refractivity contribution in [3.05, 3.63) is 108 Å². The first-order valence-electron chi connectivity index (χ1n) is 13.7. The number of amides is 1. The number of hydrogen-bond acceptors (Lipinski definition) is 11. The van der Waals surface area contributed by atoms with Gasteiger partial charge in [-0.3, -0.25) is 19.3 Å². The van der Waals surface area contributed by atoms with Gasteiger partial charge in [-0.05, 0) is 12.1 Å². The second kappa shape index (κ2) is 11.2. The molecule has 5 unspecified atom stereocenters. The number of amidine groups is 1. The van der Waals surface area contributed by atoms with Gasteiger partial charge in [0.15, 0.2) is 12.4 Å². The van der Waals surface area contributed by atoms with Crippen LogP contribution in [-0.4, -0.2) is 103 Å². The molecule has 0 radical (unpaired) electrons. The molecule has 1 fully saturated rings. The zero-order valence-corrected chi connectivity index (χ0v) is 23.8. The molecule has 0 saturated carbocycles. The van der Waals surface area contributed by atoms with Crippen molar-refractivity contribution in [2.45, 2.75) is 41.4 Å². The van der Waals surface area contributed by atoms with Crippen molar-refractivity contribution in [2.24, 2.45) is 15.7 Å². The maximum atomic E-state index is 14.5. The van der Waals surface area contributed by atoms with E-state index in [0.717, 1.165) is 11.2 Å². The molecule has 1 saturated heterocycles. The highest BCUT2D eigenvalue weighted by molar-refractivity contribution is 6.40. The lowest BCUT2D eigenvalue weighted by Crippen LogP contribution is -2.76. The number of Topliss-reactive ketones (excluding diaryl/α,β-unsaturated/α-hetero) is 2. The molecule has 3 aliphatic rings. The van der Waals surface area contributed by atoms with Gasteiger partial charge in [0.05, 0.1) is 12.9 Å². The molecule has 7 atom stereocenters. The van der Waals surface area contributed by atoms with Crippen molar-refractivity contribution in [2.75, 3.05) is 6.61 Å². The van der Waals surface area contributed by atoms with Crippen molar-refractivity contribution < 1.29 is 34.4 Å². The van der Waals surface area contributed by atoms with E-state index in [9.17, 15) is 29.7 Å². The zero-order valence-electron chi connectivity index (χ0n) is 23.1. The summed E-state index contributed by atoms with van der Waals surface area (Å²) < 4.78 is 5.81. The molecule has 226 valence electrons. The quantitative estimate of drug-likeness (QED) is 0.171. The Morgan fingerprint density at radius 3 is 1.89 bits per heavy atom. The number of halogens is 1. The summed E-state index contributed by atoms with van der Waals surface area (Å²) in [6.07, 6.45) is -6.30. The minimum atomic E-state index is -2.53. The Morgan fingerprint density at radius 1 is 0.841 bits per heavy atom. The number of nitrogens with zero attached hydrogens (tertiary/aromatic N) is 4.